The summed E-state index contributed by atoms with van der Waals surface area (Å²) in [7, 11) is 1.94. The number of aromatic nitrogens is 2. The summed E-state index contributed by atoms with van der Waals surface area (Å²) in [5.74, 6) is 1.92. The molecule has 2 saturated heterocycles. The fourth-order valence-corrected chi connectivity index (χ4v) is 4.59. The van der Waals surface area contributed by atoms with E-state index in [-0.39, 0.29) is 11.9 Å². The first kappa shape index (κ1) is 19.4. The summed E-state index contributed by atoms with van der Waals surface area (Å²) in [4.78, 5) is 28.4. The number of hydrogen-bond donors (Lipinski definition) is 2. The Bertz CT molecular complexity index is 671. The second-order valence-electron chi connectivity index (χ2n) is 8.23. The number of carbonyl (C=O) groups excluding carboxylic acids is 1. The van der Waals surface area contributed by atoms with Crippen molar-refractivity contribution in [3.63, 3.8) is 0 Å². The maximum atomic E-state index is 12.8. The lowest BCUT2D eigenvalue weighted by molar-refractivity contribution is -0.132. The summed E-state index contributed by atoms with van der Waals surface area (Å²) in [6.45, 7) is 7.30. The van der Waals surface area contributed by atoms with Gasteiger partial charge in [0, 0.05) is 26.2 Å². The lowest BCUT2D eigenvalue weighted by atomic mass is 10.1. The minimum atomic E-state index is 0.172. The summed E-state index contributed by atoms with van der Waals surface area (Å²) in [6, 6.07) is 0.263. The number of nitrogens with one attached hydrogen (secondary N) is 2. The number of likely N-dealkylation sites (tertiary alicyclic amines) is 1. The summed E-state index contributed by atoms with van der Waals surface area (Å²) in [5, 5.41) is 6.90. The normalized spacial score (nSPS) is 23.6. The van der Waals surface area contributed by atoms with Gasteiger partial charge >= 0.3 is 0 Å². The highest BCUT2D eigenvalue weighted by Crippen LogP contribution is 2.29. The van der Waals surface area contributed by atoms with Gasteiger partial charge in [0.15, 0.2) is 0 Å². The molecule has 0 aromatic carbocycles. The molecule has 8 nitrogen and oxygen atoms in total. The zero-order valence-corrected chi connectivity index (χ0v) is 17.0. The van der Waals surface area contributed by atoms with Gasteiger partial charge < -0.3 is 25.3 Å². The van der Waals surface area contributed by atoms with E-state index in [4.69, 9.17) is 0 Å². The van der Waals surface area contributed by atoms with Crippen LogP contribution in [0.15, 0.2) is 6.33 Å². The Labute approximate surface area is 167 Å². The molecule has 1 aromatic heterocycles. The Kier molecular flexibility index (Phi) is 6.26. The Morgan fingerprint density at radius 1 is 1.21 bits per heavy atom. The first-order valence-corrected chi connectivity index (χ1v) is 10.7. The predicted molar refractivity (Wildman–Crippen MR) is 111 cm³/mol. The third-order valence-electron chi connectivity index (χ3n) is 6.17. The maximum absolute atomic E-state index is 12.8. The molecule has 4 rings (SSSR count). The number of rotatable bonds is 6. The molecule has 0 aliphatic carbocycles. The number of piperidine rings is 1. The van der Waals surface area contributed by atoms with E-state index >= 15 is 0 Å². The number of anilines is 2. The van der Waals surface area contributed by atoms with Crippen LogP contribution in [-0.2, 0) is 11.3 Å². The minimum Gasteiger partial charge on any atom is -0.370 e. The molecule has 0 saturated carbocycles. The Balaban J connectivity index is 1.42. The van der Waals surface area contributed by atoms with E-state index in [1.807, 2.05) is 16.8 Å². The van der Waals surface area contributed by atoms with Gasteiger partial charge in [-0.15, -0.1) is 0 Å². The van der Waals surface area contributed by atoms with Gasteiger partial charge in [-0.2, -0.15) is 0 Å². The molecule has 0 radical (unpaired) electrons. The number of nitrogens with zero attached hydrogens (tertiary/aromatic N) is 5. The van der Waals surface area contributed by atoms with Gasteiger partial charge in [-0.3, -0.25) is 4.79 Å². The van der Waals surface area contributed by atoms with E-state index in [9.17, 15) is 4.79 Å². The predicted octanol–water partition coefficient (Wildman–Crippen LogP) is 0.905. The number of fused-ring (bicyclic) bond motifs is 1. The first-order chi connectivity index (χ1) is 13.7. The van der Waals surface area contributed by atoms with Gasteiger partial charge in [-0.1, -0.05) is 6.42 Å². The summed E-state index contributed by atoms with van der Waals surface area (Å²) in [5.41, 5.74) is 1.04. The smallest absolute Gasteiger partial charge is 0.242 e. The molecule has 1 amide bonds. The first-order valence-electron chi connectivity index (χ1n) is 10.7. The maximum Gasteiger partial charge on any atom is 0.242 e. The molecule has 28 heavy (non-hydrogen) atoms. The van der Waals surface area contributed by atoms with Crippen LogP contribution in [-0.4, -0.2) is 84.6 Å². The topological polar surface area (TPSA) is 76.6 Å². The van der Waals surface area contributed by atoms with Gasteiger partial charge in [-0.05, 0) is 51.9 Å². The molecule has 8 heteroatoms. The van der Waals surface area contributed by atoms with Crippen molar-refractivity contribution in [3.05, 3.63) is 11.9 Å². The Hall–Kier alpha value is -1.93. The van der Waals surface area contributed by atoms with Crippen molar-refractivity contribution in [2.24, 2.45) is 0 Å². The van der Waals surface area contributed by atoms with Gasteiger partial charge in [-0.25, -0.2) is 9.97 Å². The van der Waals surface area contributed by atoms with Gasteiger partial charge in [0.1, 0.15) is 18.0 Å². The minimum absolute atomic E-state index is 0.172. The van der Waals surface area contributed by atoms with Crippen LogP contribution in [0.25, 0.3) is 0 Å². The summed E-state index contributed by atoms with van der Waals surface area (Å²) >= 11 is 0. The Morgan fingerprint density at radius 2 is 2.07 bits per heavy atom. The lowest BCUT2D eigenvalue weighted by Gasteiger charge is -2.27. The van der Waals surface area contributed by atoms with Crippen LogP contribution < -0.4 is 15.5 Å². The van der Waals surface area contributed by atoms with E-state index in [1.54, 1.807) is 6.33 Å². The van der Waals surface area contributed by atoms with Crippen LogP contribution in [0.4, 0.5) is 11.6 Å². The van der Waals surface area contributed by atoms with Gasteiger partial charge in [0.25, 0.3) is 0 Å². The quantitative estimate of drug-likeness (QED) is 0.703. The molecule has 154 valence electrons. The number of amides is 1. The van der Waals surface area contributed by atoms with E-state index in [1.165, 1.54) is 32.4 Å². The van der Waals surface area contributed by atoms with E-state index in [0.717, 1.165) is 56.2 Å². The molecule has 4 heterocycles. The SMILES string of the molecule is CN1CC(=O)N(C2CCNC2)Cc2c(NCCCN3CCCCC3)ncnc21. The molecule has 2 fully saturated rings. The highest BCUT2D eigenvalue weighted by molar-refractivity contribution is 5.84. The zero-order chi connectivity index (χ0) is 19.3. The van der Waals surface area contributed by atoms with Crippen LogP contribution in [0.1, 0.15) is 37.7 Å². The third-order valence-corrected chi connectivity index (χ3v) is 6.17. The highest BCUT2D eigenvalue weighted by Gasteiger charge is 2.32. The van der Waals surface area contributed by atoms with Crippen molar-refractivity contribution in [3.8, 4) is 0 Å². The lowest BCUT2D eigenvalue weighted by Crippen LogP contribution is -2.43. The van der Waals surface area contributed by atoms with Crippen LogP contribution in [0.5, 0.6) is 0 Å². The third kappa shape index (κ3) is 4.38. The van der Waals surface area contributed by atoms with E-state index in [0.29, 0.717) is 13.1 Å². The Morgan fingerprint density at radius 3 is 2.86 bits per heavy atom. The van der Waals surface area contributed by atoms with Crippen LogP contribution >= 0.6 is 0 Å². The van der Waals surface area contributed by atoms with Gasteiger partial charge in [0.2, 0.25) is 5.91 Å². The molecule has 2 N–H and O–H groups in total. The molecule has 0 bridgehead atoms. The number of hydrogen-bond acceptors (Lipinski definition) is 7. The fraction of sp³-hybridized carbons (Fsp3) is 0.750. The highest BCUT2D eigenvalue weighted by atomic mass is 16.2. The largest absolute Gasteiger partial charge is 0.370 e. The second kappa shape index (κ2) is 9.05. The monoisotopic (exact) mass is 387 g/mol. The molecule has 0 spiro atoms. The van der Waals surface area contributed by atoms with Crippen LogP contribution in [0, 0.1) is 0 Å². The van der Waals surface area contributed by atoms with E-state index < -0.39 is 0 Å². The molecule has 3 aliphatic heterocycles. The molecular weight excluding hydrogens is 354 g/mol. The molecule has 1 aromatic rings. The average molecular weight is 388 g/mol. The van der Waals surface area contributed by atoms with Crippen molar-refractivity contribution in [2.45, 2.75) is 44.7 Å². The van der Waals surface area contributed by atoms with Crippen molar-refractivity contribution in [1.29, 1.82) is 0 Å². The van der Waals surface area contributed by atoms with Crippen LogP contribution in [0.2, 0.25) is 0 Å². The van der Waals surface area contributed by atoms with Gasteiger partial charge in [0.05, 0.1) is 18.7 Å². The van der Waals surface area contributed by atoms with E-state index in [2.05, 4.69) is 25.5 Å². The molecular formula is C20H33N7O. The summed E-state index contributed by atoms with van der Waals surface area (Å²) in [6.07, 6.45) is 7.76. The number of carbonyl (C=O) groups is 1. The van der Waals surface area contributed by atoms with Crippen molar-refractivity contribution < 1.29 is 4.79 Å². The van der Waals surface area contributed by atoms with Crippen molar-refractivity contribution >= 4 is 17.5 Å². The van der Waals surface area contributed by atoms with Crippen molar-refractivity contribution in [1.82, 2.24) is 25.1 Å². The average Bonchev–Trinajstić information content (AvgIpc) is 3.20. The number of likely N-dealkylation sites (N-methyl/N-ethyl adjacent to an activating group) is 1. The van der Waals surface area contributed by atoms with Crippen LogP contribution in [0.3, 0.4) is 0 Å². The standard InChI is InChI=1S/C20H33N7O/c1-25-14-18(28)27(16-6-8-21-12-16)13-17-19(23-15-24-20(17)25)22-7-5-11-26-9-3-2-4-10-26/h15-16,21H,2-14H2,1H3,(H,22,23,24). The molecule has 1 unspecified atom stereocenters. The molecule has 1 atom stereocenters. The summed E-state index contributed by atoms with van der Waals surface area (Å²) < 4.78 is 0. The fourth-order valence-electron chi connectivity index (χ4n) is 4.59. The van der Waals surface area contributed by atoms with Crippen molar-refractivity contribution in [2.75, 3.05) is 63.1 Å². The second-order valence-corrected chi connectivity index (χ2v) is 8.23. The zero-order valence-electron chi connectivity index (χ0n) is 17.0. The molecule has 3 aliphatic rings.